The summed E-state index contributed by atoms with van der Waals surface area (Å²) in [4.78, 5) is 0. The predicted molar refractivity (Wildman–Crippen MR) is 197 cm³/mol. The molecular weight excluding hydrogens is 573 g/mol. The summed E-state index contributed by atoms with van der Waals surface area (Å²) < 4.78 is 4.59. The van der Waals surface area contributed by atoms with Gasteiger partial charge in [-0.3, -0.25) is 15.5 Å². The number of rotatable bonds is 5. The molecule has 0 aliphatic heterocycles. The number of anilines is 1. The molecule has 9 aromatic rings. The van der Waals surface area contributed by atoms with Crippen LogP contribution in [0.5, 0.6) is 0 Å². The minimum Gasteiger partial charge on any atom is -0.306 e. The van der Waals surface area contributed by atoms with Gasteiger partial charge in [0.15, 0.2) is 0 Å². The van der Waals surface area contributed by atoms with E-state index in [1.54, 1.807) is 0 Å². The van der Waals surface area contributed by atoms with Crippen molar-refractivity contribution in [3.63, 3.8) is 0 Å². The van der Waals surface area contributed by atoms with Gasteiger partial charge in [-0.25, -0.2) is 0 Å². The number of nitrogens with zero attached hydrogens (tertiary/aromatic N) is 2. The molecule has 0 fully saturated rings. The van der Waals surface area contributed by atoms with E-state index in [0.717, 1.165) is 49.9 Å². The SMILES string of the molecule is N=C(c1ccc(-c2ccccc2)cc1)c1ccccc1Nn1c2ccccc2c2cccc3c4ccccc4n(c4ccccc41)c23. The molecule has 9 rings (SSSR count). The van der Waals surface area contributed by atoms with Crippen LogP contribution >= 0.6 is 0 Å². The zero-order valence-corrected chi connectivity index (χ0v) is 25.6. The van der Waals surface area contributed by atoms with Crippen molar-refractivity contribution in [2.45, 2.75) is 0 Å². The maximum atomic E-state index is 9.35. The highest BCUT2D eigenvalue weighted by molar-refractivity contribution is 6.20. The molecule has 0 saturated heterocycles. The Hall–Kier alpha value is -6.39. The van der Waals surface area contributed by atoms with Crippen molar-refractivity contribution in [1.82, 2.24) is 9.08 Å². The van der Waals surface area contributed by atoms with Gasteiger partial charge >= 0.3 is 0 Å². The van der Waals surface area contributed by atoms with Crippen molar-refractivity contribution in [3.8, 4) is 11.1 Å². The molecule has 4 nitrogen and oxygen atoms in total. The molecule has 0 aliphatic carbocycles. The van der Waals surface area contributed by atoms with Crippen LogP contribution in [0.15, 0.2) is 170 Å². The summed E-state index contributed by atoms with van der Waals surface area (Å²) >= 11 is 0. The third kappa shape index (κ3) is 4.34. The normalized spacial score (nSPS) is 11.5. The van der Waals surface area contributed by atoms with Crippen molar-refractivity contribution < 1.29 is 0 Å². The van der Waals surface area contributed by atoms with Gasteiger partial charge in [0.2, 0.25) is 0 Å². The number of nitrogens with one attached hydrogen (secondary N) is 2. The number of para-hydroxylation sites is 6. The summed E-state index contributed by atoms with van der Waals surface area (Å²) in [6.45, 7) is 0. The van der Waals surface area contributed by atoms with E-state index in [1.807, 2.05) is 48.5 Å². The fourth-order valence-electron chi connectivity index (χ4n) is 7.01. The maximum absolute atomic E-state index is 9.35. The van der Waals surface area contributed by atoms with Crippen LogP contribution in [0.25, 0.3) is 60.3 Å². The van der Waals surface area contributed by atoms with E-state index in [2.05, 4.69) is 136 Å². The van der Waals surface area contributed by atoms with E-state index < -0.39 is 0 Å². The van der Waals surface area contributed by atoms with Gasteiger partial charge in [0, 0.05) is 32.7 Å². The number of hydrogen-bond acceptors (Lipinski definition) is 2. The number of benzene rings is 7. The van der Waals surface area contributed by atoms with E-state index in [9.17, 15) is 5.41 Å². The third-order valence-electron chi connectivity index (χ3n) is 9.20. The average Bonchev–Trinajstić information content (AvgIpc) is 3.48. The Morgan fingerprint density at radius 3 is 1.70 bits per heavy atom. The molecule has 0 spiro atoms. The lowest BCUT2D eigenvalue weighted by Crippen LogP contribution is -2.15. The molecule has 2 heterocycles. The molecular formula is C43H30N4. The standard InChI is InChI=1S/C43H30N4/c44-42(31-27-25-30(26-28-31)29-13-2-1-3-14-29)36-17-4-7-20-37(36)45-47-39-22-9-6-16-33(39)35-19-12-18-34-32-15-5-8-21-38(32)46(43(34)35)40-23-10-11-24-41(40)47/h1-28,44-45H. The topological polar surface area (TPSA) is 45.2 Å². The van der Waals surface area contributed by atoms with E-state index in [-0.39, 0.29) is 0 Å². The minimum absolute atomic E-state index is 0.463. The summed E-state index contributed by atoms with van der Waals surface area (Å²) in [7, 11) is 0. The first-order valence-corrected chi connectivity index (χ1v) is 15.9. The van der Waals surface area contributed by atoms with E-state index >= 15 is 0 Å². The number of hydrogen-bond donors (Lipinski definition) is 2. The molecule has 2 aromatic heterocycles. The molecule has 0 aliphatic rings. The van der Waals surface area contributed by atoms with Gasteiger partial charge in [-0.15, -0.1) is 0 Å². The van der Waals surface area contributed by atoms with E-state index in [1.165, 1.54) is 27.2 Å². The van der Waals surface area contributed by atoms with Crippen molar-refractivity contribution in [3.05, 3.63) is 181 Å². The molecule has 0 saturated carbocycles. The van der Waals surface area contributed by atoms with Gasteiger partial charge in [0.25, 0.3) is 0 Å². The highest BCUT2D eigenvalue weighted by atomic mass is 15.4. The average molecular weight is 603 g/mol. The van der Waals surface area contributed by atoms with Crippen molar-refractivity contribution in [1.29, 1.82) is 5.41 Å². The number of aromatic nitrogens is 2. The Bertz CT molecular complexity index is 2660. The smallest absolute Gasteiger partial charge is 0.0871 e. The fourth-order valence-corrected chi connectivity index (χ4v) is 7.01. The Labute approximate surface area is 271 Å². The Morgan fingerprint density at radius 2 is 0.957 bits per heavy atom. The number of fused-ring (bicyclic) bond motifs is 7. The molecule has 0 radical (unpaired) electrons. The van der Waals surface area contributed by atoms with Gasteiger partial charge in [0.05, 0.1) is 39.0 Å². The van der Waals surface area contributed by atoms with Crippen LogP contribution in [-0.2, 0) is 0 Å². The van der Waals surface area contributed by atoms with E-state index in [4.69, 9.17) is 0 Å². The zero-order chi connectivity index (χ0) is 31.3. The van der Waals surface area contributed by atoms with Crippen LogP contribution in [0, 0.1) is 5.41 Å². The second kappa shape index (κ2) is 10.9. The quantitative estimate of drug-likeness (QED) is 0.189. The Morgan fingerprint density at radius 1 is 0.426 bits per heavy atom. The molecule has 47 heavy (non-hydrogen) atoms. The van der Waals surface area contributed by atoms with Gasteiger partial charge < -0.3 is 4.40 Å². The van der Waals surface area contributed by atoms with Crippen molar-refractivity contribution >= 4 is 60.5 Å². The third-order valence-corrected chi connectivity index (χ3v) is 9.20. The summed E-state index contributed by atoms with van der Waals surface area (Å²) in [5.74, 6) is 0. The molecule has 2 N–H and O–H groups in total. The van der Waals surface area contributed by atoms with Crippen molar-refractivity contribution in [2.24, 2.45) is 0 Å². The summed E-state index contributed by atoms with van der Waals surface area (Å²) in [6.07, 6.45) is 0. The molecule has 0 unspecified atom stereocenters. The Balaban J connectivity index is 1.28. The largest absolute Gasteiger partial charge is 0.306 e. The highest BCUT2D eigenvalue weighted by Crippen LogP contribution is 2.36. The summed E-state index contributed by atoms with van der Waals surface area (Å²) in [5.41, 5.74) is 14.6. The molecule has 7 aromatic carbocycles. The lowest BCUT2D eigenvalue weighted by atomic mass is 9.98. The van der Waals surface area contributed by atoms with Crippen LogP contribution in [0.4, 0.5) is 5.69 Å². The first-order chi connectivity index (χ1) is 23.3. The summed E-state index contributed by atoms with van der Waals surface area (Å²) in [6, 6.07) is 59.2. The molecule has 0 bridgehead atoms. The van der Waals surface area contributed by atoms with Crippen LogP contribution in [-0.4, -0.2) is 14.8 Å². The second-order valence-electron chi connectivity index (χ2n) is 11.9. The second-order valence-corrected chi connectivity index (χ2v) is 11.9. The lowest BCUT2D eigenvalue weighted by molar-refractivity contribution is 1.04. The minimum atomic E-state index is 0.463. The molecule has 4 heteroatoms. The first-order valence-electron chi connectivity index (χ1n) is 15.9. The van der Waals surface area contributed by atoms with Gasteiger partial charge in [0.1, 0.15) is 0 Å². The maximum Gasteiger partial charge on any atom is 0.0871 e. The van der Waals surface area contributed by atoms with Gasteiger partial charge in [-0.2, -0.15) is 0 Å². The van der Waals surface area contributed by atoms with Crippen LogP contribution in [0.3, 0.4) is 0 Å². The van der Waals surface area contributed by atoms with Gasteiger partial charge in [-0.05, 0) is 41.5 Å². The molecule has 0 atom stereocenters. The zero-order valence-electron chi connectivity index (χ0n) is 25.6. The van der Waals surface area contributed by atoms with E-state index in [0.29, 0.717) is 5.71 Å². The van der Waals surface area contributed by atoms with Crippen LogP contribution < -0.4 is 5.43 Å². The van der Waals surface area contributed by atoms with Crippen LogP contribution in [0.2, 0.25) is 0 Å². The molecule has 222 valence electrons. The lowest BCUT2D eigenvalue weighted by Gasteiger charge is -2.20. The fraction of sp³-hybridized carbons (Fsp3) is 0. The monoisotopic (exact) mass is 602 g/mol. The Kier molecular flexibility index (Phi) is 6.25. The van der Waals surface area contributed by atoms with Gasteiger partial charge in [-0.1, -0.05) is 140 Å². The highest BCUT2D eigenvalue weighted by Gasteiger charge is 2.17. The summed E-state index contributed by atoms with van der Waals surface area (Å²) in [5, 5.41) is 14.1. The predicted octanol–water partition coefficient (Wildman–Crippen LogP) is 10.9. The molecule has 0 amide bonds. The first kappa shape index (κ1) is 27.0. The van der Waals surface area contributed by atoms with Crippen LogP contribution in [0.1, 0.15) is 11.1 Å². The van der Waals surface area contributed by atoms with Crippen molar-refractivity contribution in [2.75, 3.05) is 5.43 Å².